The zero-order valence-corrected chi connectivity index (χ0v) is 18.2. The van der Waals surface area contributed by atoms with Gasteiger partial charge in [-0.15, -0.1) is 11.3 Å². The molecule has 6 heteroatoms. The molecule has 0 saturated carbocycles. The maximum absolute atomic E-state index is 13.4. The number of amides is 1. The van der Waals surface area contributed by atoms with Gasteiger partial charge >= 0.3 is 0 Å². The quantitative estimate of drug-likeness (QED) is 0.493. The minimum absolute atomic E-state index is 0.205. The maximum Gasteiger partial charge on any atom is 0.263 e. The van der Waals surface area contributed by atoms with E-state index in [1.807, 2.05) is 62.5 Å². The maximum atomic E-state index is 13.4. The molecule has 0 radical (unpaired) electrons. The summed E-state index contributed by atoms with van der Waals surface area (Å²) in [7, 11) is 0. The molecular weight excluding hydrogens is 394 g/mol. The lowest BCUT2D eigenvalue weighted by atomic mass is 9.99. The normalized spacial score (nSPS) is 12.1. The zero-order chi connectivity index (χ0) is 21.4. The van der Waals surface area contributed by atoms with Gasteiger partial charge in [-0.1, -0.05) is 42.0 Å². The fourth-order valence-corrected chi connectivity index (χ4v) is 4.51. The number of para-hydroxylation sites is 1. The van der Waals surface area contributed by atoms with Gasteiger partial charge in [0.25, 0.3) is 5.56 Å². The van der Waals surface area contributed by atoms with Crippen LogP contribution in [0.25, 0.3) is 21.3 Å². The zero-order valence-electron chi connectivity index (χ0n) is 17.4. The van der Waals surface area contributed by atoms with Crippen molar-refractivity contribution in [1.29, 1.82) is 0 Å². The molecule has 0 fully saturated rings. The summed E-state index contributed by atoms with van der Waals surface area (Å²) in [6.45, 7) is 7.73. The van der Waals surface area contributed by atoms with Gasteiger partial charge in [-0.2, -0.15) is 0 Å². The molecule has 2 heterocycles. The summed E-state index contributed by atoms with van der Waals surface area (Å²) in [5.74, 6) is -0.254. The summed E-state index contributed by atoms with van der Waals surface area (Å²) >= 11 is 1.44. The largest absolute Gasteiger partial charge is 0.324 e. The lowest BCUT2D eigenvalue weighted by Crippen LogP contribution is -2.31. The Labute approximate surface area is 179 Å². The van der Waals surface area contributed by atoms with Crippen molar-refractivity contribution in [2.45, 2.75) is 33.7 Å². The van der Waals surface area contributed by atoms with Crippen LogP contribution in [0.3, 0.4) is 0 Å². The van der Waals surface area contributed by atoms with Crippen LogP contribution in [0, 0.1) is 20.8 Å². The van der Waals surface area contributed by atoms with Gasteiger partial charge in [0.05, 0.1) is 11.7 Å². The van der Waals surface area contributed by atoms with Gasteiger partial charge < -0.3 is 5.32 Å². The number of thiophene rings is 1. The summed E-state index contributed by atoms with van der Waals surface area (Å²) in [5.41, 5.74) is 5.66. The van der Waals surface area contributed by atoms with Crippen LogP contribution >= 0.6 is 11.3 Å². The van der Waals surface area contributed by atoms with Crippen molar-refractivity contribution >= 4 is 33.1 Å². The number of carbonyl (C=O) groups is 1. The highest BCUT2D eigenvalue weighted by Gasteiger charge is 2.21. The van der Waals surface area contributed by atoms with E-state index in [-0.39, 0.29) is 11.5 Å². The Balaban J connectivity index is 1.75. The average molecular weight is 418 g/mol. The molecule has 0 aliphatic heterocycles. The molecule has 0 aliphatic rings. The summed E-state index contributed by atoms with van der Waals surface area (Å²) < 4.78 is 1.41. The predicted molar refractivity (Wildman–Crippen MR) is 123 cm³/mol. The lowest BCUT2D eigenvalue weighted by molar-refractivity contribution is -0.118. The SMILES string of the molecule is Cc1ccc(-c2csc3ncn([C@@H](C)C(=O)Nc4ccccc4C)c(=O)c23)c(C)c1. The second-order valence-electron chi connectivity index (χ2n) is 7.59. The molecule has 2 aromatic heterocycles. The van der Waals surface area contributed by atoms with Crippen LogP contribution in [0.5, 0.6) is 0 Å². The summed E-state index contributed by atoms with van der Waals surface area (Å²) in [6, 6.07) is 13.1. The van der Waals surface area contributed by atoms with Crippen molar-refractivity contribution in [3.05, 3.63) is 81.2 Å². The van der Waals surface area contributed by atoms with Gasteiger partial charge in [0.1, 0.15) is 10.9 Å². The third-order valence-electron chi connectivity index (χ3n) is 5.39. The first-order valence-corrected chi connectivity index (χ1v) is 10.7. The van der Waals surface area contributed by atoms with Crippen LogP contribution in [0.15, 0.2) is 59.0 Å². The van der Waals surface area contributed by atoms with Crippen LogP contribution < -0.4 is 10.9 Å². The van der Waals surface area contributed by atoms with Crippen molar-refractivity contribution in [3.63, 3.8) is 0 Å². The van der Waals surface area contributed by atoms with Gasteiger partial charge in [0.15, 0.2) is 0 Å². The minimum Gasteiger partial charge on any atom is -0.324 e. The third-order valence-corrected chi connectivity index (χ3v) is 6.28. The monoisotopic (exact) mass is 417 g/mol. The topological polar surface area (TPSA) is 64.0 Å². The Kier molecular flexibility index (Phi) is 5.26. The number of aryl methyl sites for hydroxylation is 3. The van der Waals surface area contributed by atoms with Crippen molar-refractivity contribution in [3.8, 4) is 11.1 Å². The number of hydrogen-bond acceptors (Lipinski definition) is 4. The van der Waals surface area contributed by atoms with Crippen molar-refractivity contribution < 1.29 is 4.79 Å². The molecule has 0 saturated heterocycles. The van der Waals surface area contributed by atoms with E-state index in [4.69, 9.17) is 0 Å². The van der Waals surface area contributed by atoms with Crippen LogP contribution in [-0.2, 0) is 4.79 Å². The van der Waals surface area contributed by atoms with E-state index in [2.05, 4.69) is 16.4 Å². The fourth-order valence-electron chi connectivity index (χ4n) is 3.61. The Morgan fingerprint density at radius 1 is 1.07 bits per heavy atom. The molecular formula is C24H23N3O2S. The first-order chi connectivity index (χ1) is 14.4. The van der Waals surface area contributed by atoms with Crippen LogP contribution in [0.4, 0.5) is 5.69 Å². The van der Waals surface area contributed by atoms with Crippen molar-refractivity contribution in [2.24, 2.45) is 0 Å². The highest BCUT2D eigenvalue weighted by molar-refractivity contribution is 7.17. The first kappa shape index (κ1) is 20.0. The number of rotatable bonds is 4. The molecule has 1 amide bonds. The molecule has 0 bridgehead atoms. The van der Waals surface area contributed by atoms with Gasteiger partial charge in [-0.05, 0) is 50.5 Å². The van der Waals surface area contributed by atoms with Gasteiger partial charge in [-0.3, -0.25) is 14.2 Å². The molecule has 152 valence electrons. The molecule has 4 aromatic rings. The molecule has 1 atom stereocenters. The highest BCUT2D eigenvalue weighted by Crippen LogP contribution is 2.33. The molecule has 0 unspecified atom stereocenters. The Bertz CT molecular complexity index is 1320. The molecule has 30 heavy (non-hydrogen) atoms. The number of aromatic nitrogens is 2. The first-order valence-electron chi connectivity index (χ1n) is 9.79. The second kappa shape index (κ2) is 7.88. The fraction of sp³-hybridized carbons (Fsp3) is 0.208. The number of carbonyl (C=O) groups excluding carboxylic acids is 1. The molecule has 1 N–H and O–H groups in total. The predicted octanol–water partition coefficient (Wildman–Crippen LogP) is 5.25. The van der Waals surface area contributed by atoms with E-state index in [9.17, 15) is 9.59 Å². The van der Waals surface area contributed by atoms with Crippen molar-refractivity contribution in [2.75, 3.05) is 5.32 Å². The average Bonchev–Trinajstić information content (AvgIpc) is 3.14. The standard InChI is InChI=1S/C24H23N3O2S/c1-14-9-10-18(16(3)11-14)19-12-30-23-21(19)24(29)27(13-25-23)17(4)22(28)26-20-8-6-5-7-15(20)2/h5-13,17H,1-4H3,(H,26,28)/t17-/m0/s1. The van der Waals surface area contributed by atoms with Crippen LogP contribution in [0.1, 0.15) is 29.7 Å². The van der Waals surface area contributed by atoms with E-state index in [0.717, 1.165) is 27.9 Å². The van der Waals surface area contributed by atoms with Crippen molar-refractivity contribution in [1.82, 2.24) is 9.55 Å². The molecule has 0 aliphatic carbocycles. The smallest absolute Gasteiger partial charge is 0.263 e. The summed E-state index contributed by atoms with van der Waals surface area (Å²) in [6.07, 6.45) is 1.47. The number of anilines is 1. The van der Waals surface area contributed by atoms with E-state index in [0.29, 0.717) is 10.2 Å². The molecule has 5 nitrogen and oxygen atoms in total. The number of fused-ring (bicyclic) bond motifs is 1. The van der Waals surface area contributed by atoms with E-state index < -0.39 is 6.04 Å². The summed E-state index contributed by atoms with van der Waals surface area (Å²) in [5, 5.41) is 5.45. The Morgan fingerprint density at radius 3 is 2.57 bits per heavy atom. The third kappa shape index (κ3) is 3.55. The molecule has 4 rings (SSSR count). The second-order valence-corrected chi connectivity index (χ2v) is 8.44. The van der Waals surface area contributed by atoms with Gasteiger partial charge in [-0.25, -0.2) is 4.98 Å². The Morgan fingerprint density at radius 2 is 1.83 bits per heavy atom. The van der Waals surface area contributed by atoms with E-state index in [1.54, 1.807) is 6.92 Å². The van der Waals surface area contributed by atoms with Crippen LogP contribution in [0.2, 0.25) is 0 Å². The van der Waals surface area contributed by atoms with Crippen LogP contribution in [-0.4, -0.2) is 15.5 Å². The van der Waals surface area contributed by atoms with E-state index in [1.165, 1.54) is 27.8 Å². The molecule has 2 aromatic carbocycles. The highest BCUT2D eigenvalue weighted by atomic mass is 32.1. The van der Waals surface area contributed by atoms with Gasteiger partial charge in [0.2, 0.25) is 5.91 Å². The lowest BCUT2D eigenvalue weighted by Gasteiger charge is -2.16. The number of nitrogens with zero attached hydrogens (tertiary/aromatic N) is 2. The Hall–Kier alpha value is -3.25. The molecule has 0 spiro atoms. The number of benzene rings is 2. The summed E-state index contributed by atoms with van der Waals surface area (Å²) in [4.78, 5) is 31.4. The number of hydrogen-bond donors (Lipinski definition) is 1. The number of nitrogens with one attached hydrogen (secondary N) is 1. The minimum atomic E-state index is -0.694. The van der Waals surface area contributed by atoms with Gasteiger partial charge in [0, 0.05) is 16.6 Å². The van der Waals surface area contributed by atoms with E-state index >= 15 is 0 Å².